The number of nitrogens with two attached hydrogens (primary N) is 1. The molecular weight excluding hydrogens is 373 g/mol. The number of anilines is 1. The SMILES string of the molecule is CCc1cc(N2CCC(NC(=O)C[C@@H]3CCC[C@H]3N)CC2)ncn1.Cl.Cl. The summed E-state index contributed by atoms with van der Waals surface area (Å²) in [6, 6.07) is 2.56. The summed E-state index contributed by atoms with van der Waals surface area (Å²) < 4.78 is 0. The van der Waals surface area contributed by atoms with Gasteiger partial charge in [-0.1, -0.05) is 13.3 Å². The van der Waals surface area contributed by atoms with Crippen LogP contribution in [0.5, 0.6) is 0 Å². The lowest BCUT2D eigenvalue weighted by molar-refractivity contribution is -0.122. The monoisotopic (exact) mass is 403 g/mol. The largest absolute Gasteiger partial charge is 0.356 e. The van der Waals surface area contributed by atoms with Gasteiger partial charge in [-0.2, -0.15) is 0 Å². The minimum absolute atomic E-state index is 0. The molecule has 1 aromatic heterocycles. The average Bonchev–Trinajstić information content (AvgIpc) is 3.00. The van der Waals surface area contributed by atoms with E-state index in [-0.39, 0.29) is 42.8 Å². The minimum Gasteiger partial charge on any atom is -0.356 e. The number of carbonyl (C=O) groups is 1. The quantitative estimate of drug-likeness (QED) is 0.788. The van der Waals surface area contributed by atoms with Crippen molar-refractivity contribution in [1.82, 2.24) is 15.3 Å². The number of nitrogens with one attached hydrogen (secondary N) is 1. The van der Waals surface area contributed by atoms with Crippen molar-refractivity contribution in [2.45, 2.75) is 64.0 Å². The van der Waals surface area contributed by atoms with Crippen LogP contribution in [0.1, 0.15) is 51.1 Å². The van der Waals surface area contributed by atoms with E-state index in [1.807, 2.05) is 0 Å². The Morgan fingerprint density at radius 3 is 2.58 bits per heavy atom. The molecule has 1 saturated carbocycles. The number of nitrogens with zero attached hydrogens (tertiary/aromatic N) is 3. The van der Waals surface area contributed by atoms with Crippen molar-refractivity contribution in [1.29, 1.82) is 0 Å². The number of amides is 1. The van der Waals surface area contributed by atoms with Crippen molar-refractivity contribution in [3.8, 4) is 0 Å². The van der Waals surface area contributed by atoms with Crippen molar-refractivity contribution < 1.29 is 4.79 Å². The van der Waals surface area contributed by atoms with Crippen molar-refractivity contribution in [3.05, 3.63) is 18.1 Å². The number of hydrogen-bond donors (Lipinski definition) is 2. The van der Waals surface area contributed by atoms with E-state index in [1.54, 1.807) is 6.33 Å². The summed E-state index contributed by atoms with van der Waals surface area (Å²) in [5, 5.41) is 3.21. The first kappa shape index (κ1) is 22.9. The standard InChI is InChI=1S/C18H29N5O.2ClH/c1-2-14-11-17(21-12-20-14)23-8-6-15(7-9-23)22-18(24)10-13-4-3-5-16(13)19;;/h11-13,15-16H,2-10,19H2,1H3,(H,22,24);2*1H/t13-,16+;;/m0../s1. The molecule has 2 aliphatic rings. The maximum atomic E-state index is 12.2. The van der Waals surface area contributed by atoms with Crippen LogP contribution in [0, 0.1) is 5.92 Å². The Kier molecular flexibility index (Phi) is 9.61. The Hall–Kier alpha value is -1.11. The molecule has 1 saturated heterocycles. The van der Waals surface area contributed by atoms with Gasteiger partial charge in [-0.05, 0) is 38.0 Å². The van der Waals surface area contributed by atoms with Gasteiger partial charge in [0.2, 0.25) is 5.91 Å². The Labute approximate surface area is 168 Å². The number of piperidine rings is 1. The second-order valence-electron chi connectivity index (χ2n) is 7.11. The molecule has 2 atom stereocenters. The van der Waals surface area contributed by atoms with Crippen LogP contribution in [0.3, 0.4) is 0 Å². The van der Waals surface area contributed by atoms with Crippen LogP contribution in [0.25, 0.3) is 0 Å². The van der Waals surface area contributed by atoms with E-state index in [1.165, 1.54) is 0 Å². The zero-order valence-electron chi connectivity index (χ0n) is 15.4. The first-order chi connectivity index (χ1) is 11.7. The molecule has 2 heterocycles. The Bertz CT molecular complexity index is 566. The lowest BCUT2D eigenvalue weighted by Gasteiger charge is -2.33. The molecule has 3 N–H and O–H groups in total. The smallest absolute Gasteiger partial charge is 0.220 e. The van der Waals surface area contributed by atoms with Gasteiger partial charge in [-0.15, -0.1) is 24.8 Å². The predicted octanol–water partition coefficient (Wildman–Crippen LogP) is 2.49. The third kappa shape index (κ3) is 5.96. The van der Waals surface area contributed by atoms with Crippen molar-refractivity contribution in [2.75, 3.05) is 18.0 Å². The minimum atomic E-state index is 0. The van der Waals surface area contributed by atoms with Crippen molar-refractivity contribution in [3.63, 3.8) is 0 Å². The van der Waals surface area contributed by atoms with Crippen molar-refractivity contribution >= 4 is 36.5 Å². The summed E-state index contributed by atoms with van der Waals surface area (Å²) in [5.74, 6) is 1.55. The first-order valence-corrected chi connectivity index (χ1v) is 9.26. The molecular formula is C18H31Cl2N5O. The van der Waals surface area contributed by atoms with Crippen LogP contribution in [-0.4, -0.2) is 41.0 Å². The molecule has 2 fully saturated rings. The maximum absolute atomic E-state index is 12.2. The highest BCUT2D eigenvalue weighted by molar-refractivity contribution is 5.85. The summed E-state index contributed by atoms with van der Waals surface area (Å²) >= 11 is 0. The highest BCUT2D eigenvalue weighted by Gasteiger charge is 2.27. The van der Waals surface area contributed by atoms with E-state index < -0.39 is 0 Å². The highest BCUT2D eigenvalue weighted by atomic mass is 35.5. The van der Waals surface area contributed by atoms with E-state index in [9.17, 15) is 4.79 Å². The van der Waals surface area contributed by atoms with Gasteiger partial charge in [0.15, 0.2) is 0 Å². The van der Waals surface area contributed by atoms with Gasteiger partial charge < -0.3 is 16.0 Å². The number of aromatic nitrogens is 2. The second-order valence-corrected chi connectivity index (χ2v) is 7.11. The third-order valence-electron chi connectivity index (χ3n) is 5.42. The van der Waals surface area contributed by atoms with E-state index >= 15 is 0 Å². The fourth-order valence-electron chi connectivity index (χ4n) is 3.85. The molecule has 0 aromatic carbocycles. The van der Waals surface area contributed by atoms with Crippen LogP contribution >= 0.6 is 24.8 Å². The van der Waals surface area contributed by atoms with Gasteiger partial charge in [0, 0.05) is 43.4 Å². The summed E-state index contributed by atoms with van der Waals surface area (Å²) in [5.41, 5.74) is 7.14. The number of rotatable bonds is 5. The van der Waals surface area contributed by atoms with Gasteiger partial charge in [0.05, 0.1) is 0 Å². The van der Waals surface area contributed by atoms with Crippen molar-refractivity contribution in [2.24, 2.45) is 11.7 Å². The number of aryl methyl sites for hydroxylation is 1. The van der Waals surface area contributed by atoms with Gasteiger partial charge in [-0.3, -0.25) is 4.79 Å². The molecule has 1 aliphatic carbocycles. The summed E-state index contributed by atoms with van der Waals surface area (Å²) in [6.07, 6.45) is 8.42. The average molecular weight is 404 g/mol. The van der Waals surface area contributed by atoms with E-state index in [2.05, 4.69) is 33.2 Å². The number of carbonyl (C=O) groups excluding carboxylic acids is 1. The summed E-state index contributed by atoms with van der Waals surface area (Å²) in [7, 11) is 0. The van der Waals surface area contributed by atoms with E-state index in [0.29, 0.717) is 12.3 Å². The molecule has 0 spiro atoms. The zero-order valence-corrected chi connectivity index (χ0v) is 17.0. The number of halogens is 2. The van der Waals surface area contributed by atoms with Crippen LogP contribution in [-0.2, 0) is 11.2 Å². The molecule has 0 unspecified atom stereocenters. The predicted molar refractivity (Wildman–Crippen MR) is 109 cm³/mol. The normalized spacial score (nSPS) is 23.1. The molecule has 0 bridgehead atoms. The molecule has 1 aliphatic heterocycles. The fraction of sp³-hybridized carbons (Fsp3) is 0.722. The van der Waals surface area contributed by atoms with Gasteiger partial charge in [0.25, 0.3) is 0 Å². The molecule has 6 nitrogen and oxygen atoms in total. The Morgan fingerprint density at radius 2 is 1.96 bits per heavy atom. The van der Waals surface area contributed by atoms with E-state index in [0.717, 1.165) is 63.1 Å². The number of hydrogen-bond acceptors (Lipinski definition) is 5. The van der Waals surface area contributed by atoms with Gasteiger partial charge in [0.1, 0.15) is 12.1 Å². The second kappa shape index (κ2) is 10.9. The molecule has 1 amide bonds. The third-order valence-corrected chi connectivity index (χ3v) is 5.42. The molecule has 3 rings (SSSR count). The van der Waals surface area contributed by atoms with Crippen LogP contribution in [0.15, 0.2) is 12.4 Å². The lowest BCUT2D eigenvalue weighted by Crippen LogP contribution is -2.45. The topological polar surface area (TPSA) is 84.1 Å². The maximum Gasteiger partial charge on any atom is 0.220 e. The molecule has 8 heteroatoms. The summed E-state index contributed by atoms with van der Waals surface area (Å²) in [6.45, 7) is 3.95. The first-order valence-electron chi connectivity index (χ1n) is 9.26. The van der Waals surface area contributed by atoms with Gasteiger partial charge >= 0.3 is 0 Å². The molecule has 148 valence electrons. The fourth-order valence-corrected chi connectivity index (χ4v) is 3.85. The Morgan fingerprint density at radius 1 is 1.23 bits per heavy atom. The summed E-state index contributed by atoms with van der Waals surface area (Å²) in [4.78, 5) is 23.2. The molecule has 1 aromatic rings. The lowest BCUT2D eigenvalue weighted by atomic mass is 9.98. The van der Waals surface area contributed by atoms with Crippen LogP contribution < -0.4 is 16.0 Å². The Balaban J connectivity index is 0.00000169. The van der Waals surface area contributed by atoms with Crippen LogP contribution in [0.2, 0.25) is 0 Å². The van der Waals surface area contributed by atoms with E-state index in [4.69, 9.17) is 5.73 Å². The molecule has 26 heavy (non-hydrogen) atoms. The molecule has 0 radical (unpaired) electrons. The van der Waals surface area contributed by atoms with Gasteiger partial charge in [-0.25, -0.2) is 9.97 Å². The highest BCUT2D eigenvalue weighted by Crippen LogP contribution is 2.27. The zero-order chi connectivity index (χ0) is 16.9. The van der Waals surface area contributed by atoms with Crippen LogP contribution in [0.4, 0.5) is 5.82 Å².